The maximum Gasteiger partial charge on any atom is 0.270 e. The number of phenols is 1. The van der Waals surface area contributed by atoms with E-state index in [9.17, 15) is 9.90 Å². The van der Waals surface area contributed by atoms with E-state index in [1.54, 1.807) is 42.5 Å². The number of carbonyl (C=O) groups is 1. The van der Waals surface area contributed by atoms with Gasteiger partial charge in [-0.05, 0) is 64.8 Å². The molecule has 1 amide bonds. The Morgan fingerprint density at radius 3 is 2.85 bits per heavy atom. The molecular formula is C18H13BrClNO3S2. The Hall–Kier alpha value is -1.54. The topological polar surface area (TPSA) is 49.8 Å². The Morgan fingerprint density at radius 2 is 2.15 bits per heavy atom. The van der Waals surface area contributed by atoms with E-state index in [4.69, 9.17) is 28.6 Å². The van der Waals surface area contributed by atoms with Gasteiger partial charge in [0.1, 0.15) is 0 Å². The van der Waals surface area contributed by atoms with Crippen LogP contribution in [0.1, 0.15) is 12.5 Å². The molecule has 134 valence electrons. The summed E-state index contributed by atoms with van der Waals surface area (Å²) in [4.78, 5) is 14.7. The van der Waals surface area contributed by atoms with Crippen LogP contribution in [0.5, 0.6) is 11.5 Å². The summed E-state index contributed by atoms with van der Waals surface area (Å²) >= 11 is 15.9. The normalized spacial score (nSPS) is 15.8. The van der Waals surface area contributed by atoms with E-state index in [2.05, 4.69) is 15.9 Å². The maximum absolute atomic E-state index is 12.8. The van der Waals surface area contributed by atoms with E-state index in [1.807, 2.05) is 6.92 Å². The predicted molar refractivity (Wildman–Crippen MR) is 114 cm³/mol. The van der Waals surface area contributed by atoms with Crippen LogP contribution in [0.15, 0.2) is 45.8 Å². The Morgan fingerprint density at radius 1 is 1.38 bits per heavy atom. The molecule has 2 aromatic carbocycles. The number of carbonyl (C=O) groups excluding carboxylic acids is 1. The molecule has 4 nitrogen and oxygen atoms in total. The number of hydrogen-bond donors (Lipinski definition) is 1. The van der Waals surface area contributed by atoms with Crippen molar-refractivity contribution in [2.24, 2.45) is 0 Å². The van der Waals surface area contributed by atoms with E-state index >= 15 is 0 Å². The number of phenolic OH excluding ortho intramolecular Hbond substituents is 1. The van der Waals surface area contributed by atoms with Gasteiger partial charge in [-0.15, -0.1) is 0 Å². The van der Waals surface area contributed by atoms with Crippen molar-refractivity contribution in [2.75, 3.05) is 11.5 Å². The van der Waals surface area contributed by atoms with Gasteiger partial charge in [0.2, 0.25) is 0 Å². The number of thioether (sulfide) groups is 1. The lowest BCUT2D eigenvalue weighted by atomic mass is 10.2. The van der Waals surface area contributed by atoms with Gasteiger partial charge >= 0.3 is 0 Å². The zero-order valence-corrected chi connectivity index (χ0v) is 17.5. The molecule has 8 heteroatoms. The molecule has 1 saturated heterocycles. The molecule has 0 spiro atoms. The third-order valence-electron chi connectivity index (χ3n) is 3.51. The average Bonchev–Trinajstić information content (AvgIpc) is 2.86. The van der Waals surface area contributed by atoms with E-state index < -0.39 is 0 Å². The summed E-state index contributed by atoms with van der Waals surface area (Å²) in [6.07, 6.45) is 1.72. The first kappa shape index (κ1) is 19.2. The molecule has 0 aromatic heterocycles. The van der Waals surface area contributed by atoms with Gasteiger partial charge in [0.05, 0.1) is 21.7 Å². The highest BCUT2D eigenvalue weighted by Crippen LogP contribution is 2.39. The zero-order chi connectivity index (χ0) is 18.8. The van der Waals surface area contributed by atoms with Gasteiger partial charge in [0.25, 0.3) is 5.91 Å². The van der Waals surface area contributed by atoms with Crippen molar-refractivity contribution in [2.45, 2.75) is 6.92 Å². The molecule has 0 aliphatic carbocycles. The Kier molecular flexibility index (Phi) is 5.92. The number of nitrogens with zero attached hydrogens (tertiary/aromatic N) is 1. The van der Waals surface area contributed by atoms with Gasteiger partial charge in [-0.3, -0.25) is 9.69 Å². The Bertz CT molecular complexity index is 933. The summed E-state index contributed by atoms with van der Waals surface area (Å²) < 4.78 is 6.34. The van der Waals surface area contributed by atoms with Gasteiger partial charge in [0, 0.05) is 5.02 Å². The average molecular weight is 471 g/mol. The van der Waals surface area contributed by atoms with Crippen LogP contribution in [0.25, 0.3) is 6.08 Å². The molecule has 2 aromatic rings. The van der Waals surface area contributed by atoms with Crippen LogP contribution in [-0.4, -0.2) is 21.9 Å². The predicted octanol–water partition coefficient (Wildman–Crippen LogP) is 5.61. The first-order chi connectivity index (χ1) is 12.4. The van der Waals surface area contributed by atoms with E-state index in [-0.39, 0.29) is 11.7 Å². The molecule has 1 N–H and O–H groups in total. The summed E-state index contributed by atoms with van der Waals surface area (Å²) in [7, 11) is 0. The highest BCUT2D eigenvalue weighted by Gasteiger charge is 2.33. The minimum Gasteiger partial charge on any atom is -0.503 e. The number of hydrogen-bond acceptors (Lipinski definition) is 5. The van der Waals surface area contributed by atoms with Gasteiger partial charge in [-0.25, -0.2) is 0 Å². The molecule has 26 heavy (non-hydrogen) atoms. The fourth-order valence-corrected chi connectivity index (χ4v) is 4.34. The van der Waals surface area contributed by atoms with Crippen molar-refractivity contribution in [3.63, 3.8) is 0 Å². The first-order valence-corrected chi connectivity index (χ1v) is 9.99. The van der Waals surface area contributed by atoms with Gasteiger partial charge < -0.3 is 9.84 Å². The third kappa shape index (κ3) is 3.91. The maximum atomic E-state index is 12.8. The van der Waals surface area contributed by atoms with E-state index in [1.165, 1.54) is 16.7 Å². The SMILES string of the molecule is CCOc1cc(/C=C2\SC(=S)N(c3cccc(Cl)c3)C2=O)cc(Br)c1O. The quantitative estimate of drug-likeness (QED) is 0.465. The molecule has 0 bridgehead atoms. The summed E-state index contributed by atoms with van der Waals surface area (Å²) in [6.45, 7) is 2.25. The number of thiocarbonyl (C=S) groups is 1. The Balaban J connectivity index is 1.96. The molecule has 1 aliphatic heterocycles. The van der Waals surface area contributed by atoms with Crippen molar-refractivity contribution in [1.29, 1.82) is 0 Å². The largest absolute Gasteiger partial charge is 0.503 e. The van der Waals surface area contributed by atoms with Gasteiger partial charge in [0.15, 0.2) is 15.8 Å². The van der Waals surface area contributed by atoms with E-state index in [0.29, 0.717) is 42.3 Å². The van der Waals surface area contributed by atoms with Gasteiger partial charge in [-0.2, -0.15) is 0 Å². The number of rotatable bonds is 4. The second kappa shape index (κ2) is 8.00. The monoisotopic (exact) mass is 469 g/mol. The summed E-state index contributed by atoms with van der Waals surface area (Å²) in [6, 6.07) is 10.4. The van der Waals surface area contributed by atoms with Crippen LogP contribution < -0.4 is 9.64 Å². The number of anilines is 1. The van der Waals surface area contributed by atoms with Crippen LogP contribution in [0.3, 0.4) is 0 Å². The number of amides is 1. The lowest BCUT2D eigenvalue weighted by Crippen LogP contribution is -2.27. The summed E-state index contributed by atoms with van der Waals surface area (Å²) in [5.41, 5.74) is 1.34. The van der Waals surface area contributed by atoms with Crippen molar-refractivity contribution in [1.82, 2.24) is 0 Å². The first-order valence-electron chi connectivity index (χ1n) is 7.59. The van der Waals surface area contributed by atoms with Crippen LogP contribution in [0, 0.1) is 0 Å². The molecule has 0 saturated carbocycles. The Labute approximate surface area is 173 Å². The molecule has 0 atom stereocenters. The highest BCUT2D eigenvalue weighted by molar-refractivity contribution is 9.10. The van der Waals surface area contributed by atoms with E-state index in [0.717, 1.165) is 0 Å². The molecule has 1 heterocycles. The van der Waals surface area contributed by atoms with Crippen LogP contribution in [-0.2, 0) is 4.79 Å². The number of aromatic hydroxyl groups is 1. The fraction of sp³-hybridized carbons (Fsp3) is 0.111. The van der Waals surface area contributed by atoms with Crippen LogP contribution in [0.2, 0.25) is 5.02 Å². The van der Waals surface area contributed by atoms with Crippen LogP contribution in [0.4, 0.5) is 5.69 Å². The molecule has 0 radical (unpaired) electrons. The molecule has 3 rings (SSSR count). The fourth-order valence-electron chi connectivity index (χ4n) is 2.40. The molecule has 1 fully saturated rings. The third-order valence-corrected chi connectivity index (χ3v) is 5.65. The minimum atomic E-state index is -0.218. The minimum absolute atomic E-state index is 0.0236. The van der Waals surface area contributed by atoms with Crippen molar-refractivity contribution in [3.05, 3.63) is 56.4 Å². The van der Waals surface area contributed by atoms with Crippen molar-refractivity contribution >= 4 is 73.5 Å². The lowest BCUT2D eigenvalue weighted by molar-refractivity contribution is -0.113. The highest BCUT2D eigenvalue weighted by atomic mass is 79.9. The lowest BCUT2D eigenvalue weighted by Gasteiger charge is -2.14. The molecule has 0 unspecified atom stereocenters. The number of halogens is 2. The van der Waals surface area contributed by atoms with Crippen molar-refractivity contribution in [3.8, 4) is 11.5 Å². The molecule has 1 aliphatic rings. The molecular weight excluding hydrogens is 458 g/mol. The summed E-state index contributed by atoms with van der Waals surface area (Å²) in [5.74, 6) is 0.151. The standard InChI is InChI=1S/C18H13BrClNO3S2/c1-2-24-14-7-10(6-13(19)16(14)22)8-15-17(23)21(18(25)26-15)12-5-3-4-11(20)9-12/h3-9,22H,2H2,1H3/b15-8-. The zero-order valence-electron chi connectivity index (χ0n) is 13.5. The van der Waals surface area contributed by atoms with Crippen molar-refractivity contribution < 1.29 is 14.6 Å². The van der Waals surface area contributed by atoms with Crippen LogP contribution >= 0.6 is 51.5 Å². The number of benzene rings is 2. The smallest absolute Gasteiger partial charge is 0.270 e. The van der Waals surface area contributed by atoms with Gasteiger partial charge in [-0.1, -0.05) is 41.6 Å². The second-order valence-corrected chi connectivity index (χ2v) is 8.25. The number of ether oxygens (including phenoxy) is 1. The summed E-state index contributed by atoms with van der Waals surface area (Å²) in [5, 5.41) is 10.6. The second-order valence-electron chi connectivity index (χ2n) is 5.28.